The summed E-state index contributed by atoms with van der Waals surface area (Å²) in [7, 11) is 1.92. The van der Waals surface area contributed by atoms with Crippen LogP contribution in [0.2, 0.25) is 5.02 Å². The number of nitrogens with one attached hydrogen (secondary N) is 1. The molecule has 3 rings (SSSR count). The molecule has 0 fully saturated rings. The number of carbonyl (C=O) groups is 1. The van der Waals surface area contributed by atoms with Gasteiger partial charge in [0.1, 0.15) is 5.82 Å². The zero-order valence-electron chi connectivity index (χ0n) is 14.5. The van der Waals surface area contributed by atoms with Crippen molar-refractivity contribution in [3.05, 3.63) is 71.0 Å². The van der Waals surface area contributed by atoms with Gasteiger partial charge in [0.25, 0.3) is 0 Å². The Labute approximate surface area is 161 Å². The van der Waals surface area contributed by atoms with Crippen molar-refractivity contribution in [1.29, 1.82) is 0 Å². The number of carbonyl (C=O) groups excluding carboxylic acids is 1. The molecule has 1 heterocycles. The molecule has 1 N–H and O–H groups in total. The van der Waals surface area contributed by atoms with E-state index in [1.165, 1.54) is 17.3 Å². The Hall–Kier alpha value is -2.31. The summed E-state index contributed by atoms with van der Waals surface area (Å²) in [6, 6.07) is 17.2. The number of aromatic nitrogens is 3. The third kappa shape index (κ3) is 4.65. The zero-order valence-corrected chi connectivity index (χ0v) is 16.1. The van der Waals surface area contributed by atoms with Gasteiger partial charge in [-0.05, 0) is 36.8 Å². The van der Waals surface area contributed by atoms with E-state index in [-0.39, 0.29) is 11.2 Å². The van der Waals surface area contributed by atoms with Gasteiger partial charge in [-0.25, -0.2) is 0 Å². The molecule has 1 amide bonds. The molecule has 134 valence electrons. The highest BCUT2D eigenvalue weighted by molar-refractivity contribution is 8.00. The second-order valence-electron chi connectivity index (χ2n) is 5.88. The van der Waals surface area contributed by atoms with Crippen molar-refractivity contribution < 1.29 is 4.79 Å². The molecular formula is C19H19ClN4OS. The smallest absolute Gasteiger partial charge is 0.237 e. The van der Waals surface area contributed by atoms with Gasteiger partial charge in [0.05, 0.1) is 5.25 Å². The van der Waals surface area contributed by atoms with Crippen LogP contribution in [-0.4, -0.2) is 25.9 Å². The third-order valence-corrected chi connectivity index (χ3v) is 5.28. The summed E-state index contributed by atoms with van der Waals surface area (Å²) < 4.78 is 1.93. The van der Waals surface area contributed by atoms with Crippen molar-refractivity contribution in [2.24, 2.45) is 7.05 Å². The van der Waals surface area contributed by atoms with Crippen molar-refractivity contribution in [3.63, 3.8) is 0 Å². The first-order valence-corrected chi connectivity index (χ1v) is 9.44. The molecule has 0 saturated carbocycles. The fourth-order valence-corrected chi connectivity index (χ4v) is 3.33. The van der Waals surface area contributed by atoms with Crippen LogP contribution >= 0.6 is 23.4 Å². The highest BCUT2D eigenvalue weighted by atomic mass is 35.5. The molecule has 3 aromatic rings. The average molecular weight is 387 g/mol. The standard InChI is InChI=1S/C19H19ClN4OS/c1-13(18(25)21-16-10-8-15(20)9-11-16)26-19-23-22-17(24(19)2)12-14-6-4-3-5-7-14/h3-11,13H,12H2,1-2H3,(H,21,25)/t13-/m1/s1. The number of nitrogens with zero attached hydrogens (tertiary/aromatic N) is 3. The molecule has 0 spiro atoms. The van der Waals surface area contributed by atoms with E-state index < -0.39 is 0 Å². The van der Waals surface area contributed by atoms with E-state index in [9.17, 15) is 4.79 Å². The number of benzene rings is 2. The van der Waals surface area contributed by atoms with Crippen LogP contribution in [0.3, 0.4) is 0 Å². The molecular weight excluding hydrogens is 368 g/mol. The van der Waals surface area contributed by atoms with E-state index in [1.807, 2.05) is 36.7 Å². The van der Waals surface area contributed by atoms with Crippen molar-refractivity contribution in [1.82, 2.24) is 14.8 Å². The summed E-state index contributed by atoms with van der Waals surface area (Å²) in [6.45, 7) is 1.85. The lowest BCUT2D eigenvalue weighted by Gasteiger charge is -2.11. The maximum atomic E-state index is 12.4. The van der Waals surface area contributed by atoms with Gasteiger partial charge in [-0.2, -0.15) is 0 Å². The van der Waals surface area contributed by atoms with E-state index in [4.69, 9.17) is 11.6 Å². The van der Waals surface area contributed by atoms with E-state index in [2.05, 4.69) is 27.6 Å². The van der Waals surface area contributed by atoms with Gasteiger partial charge in [-0.1, -0.05) is 53.7 Å². The van der Waals surface area contributed by atoms with E-state index in [0.29, 0.717) is 11.4 Å². The molecule has 26 heavy (non-hydrogen) atoms. The van der Waals surface area contributed by atoms with Crippen LogP contribution in [0.1, 0.15) is 18.3 Å². The molecule has 2 aromatic carbocycles. The van der Waals surface area contributed by atoms with Gasteiger partial charge >= 0.3 is 0 Å². The van der Waals surface area contributed by atoms with E-state index in [0.717, 1.165) is 16.7 Å². The van der Waals surface area contributed by atoms with Gasteiger partial charge in [0.15, 0.2) is 5.16 Å². The summed E-state index contributed by atoms with van der Waals surface area (Å²) in [6.07, 6.45) is 0.705. The fraction of sp³-hybridized carbons (Fsp3) is 0.211. The molecule has 0 aliphatic rings. The topological polar surface area (TPSA) is 59.8 Å². The Morgan fingerprint density at radius 2 is 1.85 bits per heavy atom. The minimum absolute atomic E-state index is 0.0927. The number of halogens is 1. The van der Waals surface area contributed by atoms with Crippen LogP contribution in [0.25, 0.3) is 0 Å². The zero-order chi connectivity index (χ0) is 18.5. The second kappa shape index (κ2) is 8.38. The van der Waals surface area contributed by atoms with Crippen LogP contribution in [0.15, 0.2) is 59.8 Å². The van der Waals surface area contributed by atoms with E-state index >= 15 is 0 Å². The summed E-state index contributed by atoms with van der Waals surface area (Å²) in [4.78, 5) is 12.4. The largest absolute Gasteiger partial charge is 0.325 e. The summed E-state index contributed by atoms with van der Waals surface area (Å²) in [5.41, 5.74) is 1.89. The number of rotatable bonds is 6. The minimum atomic E-state index is -0.307. The normalized spacial score (nSPS) is 12.0. The van der Waals surface area contributed by atoms with Crippen molar-refractivity contribution in [2.75, 3.05) is 5.32 Å². The molecule has 0 aliphatic heterocycles. The van der Waals surface area contributed by atoms with Gasteiger partial charge in [0, 0.05) is 24.2 Å². The molecule has 1 aromatic heterocycles. The lowest BCUT2D eigenvalue weighted by atomic mass is 10.1. The number of hydrogen-bond acceptors (Lipinski definition) is 4. The predicted octanol–water partition coefficient (Wildman–Crippen LogP) is 4.18. The van der Waals surface area contributed by atoms with Crippen LogP contribution < -0.4 is 5.32 Å². The van der Waals surface area contributed by atoms with Gasteiger partial charge in [0.2, 0.25) is 5.91 Å². The second-order valence-corrected chi connectivity index (χ2v) is 7.62. The van der Waals surface area contributed by atoms with Crippen LogP contribution in [0.5, 0.6) is 0 Å². The first kappa shape index (κ1) is 18.5. The lowest BCUT2D eigenvalue weighted by Crippen LogP contribution is -2.22. The van der Waals surface area contributed by atoms with Crippen molar-refractivity contribution in [3.8, 4) is 0 Å². The van der Waals surface area contributed by atoms with Crippen molar-refractivity contribution in [2.45, 2.75) is 23.8 Å². The SMILES string of the molecule is C[C@@H](Sc1nnc(Cc2ccccc2)n1C)C(=O)Nc1ccc(Cl)cc1. The van der Waals surface area contributed by atoms with Crippen LogP contribution in [0, 0.1) is 0 Å². The van der Waals surface area contributed by atoms with Gasteiger partial charge in [-0.15, -0.1) is 10.2 Å². The summed E-state index contributed by atoms with van der Waals surface area (Å²) >= 11 is 7.24. The number of hydrogen-bond donors (Lipinski definition) is 1. The first-order valence-electron chi connectivity index (χ1n) is 8.18. The van der Waals surface area contributed by atoms with Gasteiger partial charge in [-0.3, -0.25) is 4.79 Å². The highest BCUT2D eigenvalue weighted by Crippen LogP contribution is 2.23. The first-order chi connectivity index (χ1) is 12.5. The average Bonchev–Trinajstić information content (AvgIpc) is 2.98. The third-order valence-electron chi connectivity index (χ3n) is 3.89. The maximum absolute atomic E-state index is 12.4. The van der Waals surface area contributed by atoms with Crippen molar-refractivity contribution >= 4 is 35.0 Å². The Morgan fingerprint density at radius 1 is 1.15 bits per heavy atom. The maximum Gasteiger partial charge on any atom is 0.237 e. The Kier molecular flexibility index (Phi) is 5.96. The molecule has 1 atom stereocenters. The summed E-state index contributed by atoms with van der Waals surface area (Å²) in [5.74, 6) is 0.772. The monoisotopic (exact) mass is 386 g/mol. The lowest BCUT2D eigenvalue weighted by molar-refractivity contribution is -0.115. The molecule has 0 radical (unpaired) electrons. The Balaban J connectivity index is 1.63. The van der Waals surface area contributed by atoms with Gasteiger partial charge < -0.3 is 9.88 Å². The molecule has 0 aliphatic carbocycles. The molecule has 0 unspecified atom stereocenters. The van der Waals surface area contributed by atoms with Crippen LogP contribution in [0.4, 0.5) is 5.69 Å². The Bertz CT molecular complexity index is 880. The summed E-state index contributed by atoms with van der Waals surface area (Å²) in [5, 5.41) is 12.4. The quantitative estimate of drug-likeness (QED) is 0.645. The number of anilines is 1. The number of amides is 1. The molecule has 5 nitrogen and oxygen atoms in total. The van der Waals surface area contributed by atoms with E-state index in [1.54, 1.807) is 24.3 Å². The highest BCUT2D eigenvalue weighted by Gasteiger charge is 2.19. The fourth-order valence-electron chi connectivity index (χ4n) is 2.37. The Morgan fingerprint density at radius 3 is 2.54 bits per heavy atom. The molecule has 0 bridgehead atoms. The molecule has 7 heteroatoms. The predicted molar refractivity (Wildman–Crippen MR) is 106 cm³/mol. The minimum Gasteiger partial charge on any atom is -0.325 e. The molecule has 0 saturated heterocycles. The van der Waals surface area contributed by atoms with Crippen LogP contribution in [-0.2, 0) is 18.3 Å². The number of thioether (sulfide) groups is 1.